The molecule has 0 spiro atoms. The Hall–Kier alpha value is -3.86. The number of imide groups is 1. The molecule has 2 amide bonds. The Balaban J connectivity index is 1.44. The molecule has 0 aromatic heterocycles. The number of nitrogens with one attached hydrogen (secondary N) is 1. The maximum Gasteiger partial charge on any atom is 0.278 e. The monoisotopic (exact) mass is 437 g/mol. The predicted molar refractivity (Wildman–Crippen MR) is 131 cm³/mol. The molecule has 3 aromatic rings. The fourth-order valence-electron chi connectivity index (χ4n) is 4.53. The van der Waals surface area contributed by atoms with E-state index in [1.54, 1.807) is 0 Å². The molecule has 2 aliphatic rings. The van der Waals surface area contributed by atoms with E-state index in [-0.39, 0.29) is 18.4 Å². The zero-order valence-electron chi connectivity index (χ0n) is 18.5. The molecule has 2 heterocycles. The molecule has 1 saturated heterocycles. The summed E-state index contributed by atoms with van der Waals surface area (Å²) in [5, 5.41) is 3.26. The molecular formula is C28H27N3O2. The fourth-order valence-corrected chi connectivity index (χ4v) is 4.53. The summed E-state index contributed by atoms with van der Waals surface area (Å²) in [4.78, 5) is 30.5. The molecule has 3 aromatic carbocycles. The lowest BCUT2D eigenvalue weighted by Gasteiger charge is -2.28. The van der Waals surface area contributed by atoms with Gasteiger partial charge >= 0.3 is 0 Å². The van der Waals surface area contributed by atoms with Gasteiger partial charge in [0.1, 0.15) is 5.70 Å². The van der Waals surface area contributed by atoms with Crippen LogP contribution < -0.4 is 10.2 Å². The Kier molecular flexibility index (Phi) is 5.94. The standard InChI is InChI=1S/C28H27N3O2/c32-27-25(22-12-6-2-7-13-22)26(28(33)31(27)20-21-10-4-1-5-11-21)29-23-14-16-24(17-15-23)30-18-8-3-9-19-30/h1-2,4-7,10-17,29H,3,8-9,18-20H2. The van der Waals surface area contributed by atoms with Crippen LogP contribution in [0.15, 0.2) is 90.6 Å². The normalized spacial score (nSPS) is 16.5. The summed E-state index contributed by atoms with van der Waals surface area (Å²) in [5.41, 5.74) is 4.38. The lowest BCUT2D eigenvalue weighted by Crippen LogP contribution is -2.32. The quantitative estimate of drug-likeness (QED) is 0.547. The predicted octanol–water partition coefficient (Wildman–Crippen LogP) is 5.07. The van der Waals surface area contributed by atoms with E-state index in [0.29, 0.717) is 11.3 Å². The van der Waals surface area contributed by atoms with Crippen LogP contribution in [0.3, 0.4) is 0 Å². The van der Waals surface area contributed by atoms with Gasteiger partial charge in [0.2, 0.25) is 0 Å². The largest absolute Gasteiger partial charge is 0.372 e. The summed E-state index contributed by atoms with van der Waals surface area (Å²) in [6.45, 7) is 2.41. The Bertz CT molecular complexity index is 1160. The molecule has 5 rings (SSSR count). The van der Waals surface area contributed by atoms with Crippen molar-refractivity contribution in [2.45, 2.75) is 25.8 Å². The third kappa shape index (κ3) is 4.40. The van der Waals surface area contributed by atoms with Gasteiger partial charge in [-0.3, -0.25) is 14.5 Å². The number of benzene rings is 3. The number of carbonyl (C=O) groups excluding carboxylic acids is 2. The van der Waals surface area contributed by atoms with Crippen LogP contribution in [0.2, 0.25) is 0 Å². The maximum absolute atomic E-state index is 13.4. The van der Waals surface area contributed by atoms with Gasteiger partial charge in [-0.2, -0.15) is 0 Å². The topological polar surface area (TPSA) is 52.7 Å². The number of hydrogen-bond donors (Lipinski definition) is 1. The molecule has 0 saturated carbocycles. The van der Waals surface area contributed by atoms with Crippen molar-refractivity contribution in [3.8, 4) is 0 Å². The molecule has 0 bridgehead atoms. The minimum absolute atomic E-state index is 0.244. The zero-order chi connectivity index (χ0) is 22.6. The summed E-state index contributed by atoms with van der Waals surface area (Å²) in [6, 6.07) is 27.1. The first-order chi connectivity index (χ1) is 16.2. The maximum atomic E-state index is 13.4. The molecule has 166 valence electrons. The Morgan fingerprint density at radius 3 is 2.00 bits per heavy atom. The average Bonchev–Trinajstić information content (AvgIpc) is 3.10. The van der Waals surface area contributed by atoms with Gasteiger partial charge in [-0.25, -0.2) is 0 Å². The molecule has 5 nitrogen and oxygen atoms in total. The Labute approximate surface area is 194 Å². The molecule has 0 atom stereocenters. The number of carbonyl (C=O) groups is 2. The van der Waals surface area contributed by atoms with Crippen LogP contribution in [0, 0.1) is 0 Å². The van der Waals surface area contributed by atoms with E-state index in [4.69, 9.17) is 0 Å². The molecule has 1 fully saturated rings. The van der Waals surface area contributed by atoms with Crippen molar-refractivity contribution in [1.82, 2.24) is 4.90 Å². The van der Waals surface area contributed by atoms with Gasteiger partial charge in [0.25, 0.3) is 11.8 Å². The lowest BCUT2D eigenvalue weighted by atomic mass is 10.0. The van der Waals surface area contributed by atoms with Gasteiger partial charge in [-0.15, -0.1) is 0 Å². The highest BCUT2D eigenvalue weighted by atomic mass is 16.2. The summed E-state index contributed by atoms with van der Waals surface area (Å²) < 4.78 is 0. The van der Waals surface area contributed by atoms with E-state index < -0.39 is 0 Å². The average molecular weight is 438 g/mol. The van der Waals surface area contributed by atoms with E-state index >= 15 is 0 Å². The number of rotatable bonds is 6. The molecule has 0 aliphatic carbocycles. The smallest absolute Gasteiger partial charge is 0.278 e. The summed E-state index contributed by atoms with van der Waals surface area (Å²) in [5.74, 6) is -0.578. The number of anilines is 2. The Morgan fingerprint density at radius 2 is 1.33 bits per heavy atom. The highest BCUT2D eigenvalue weighted by molar-refractivity contribution is 6.36. The molecule has 33 heavy (non-hydrogen) atoms. The second-order valence-corrected chi connectivity index (χ2v) is 8.52. The first kappa shape index (κ1) is 21.0. The SMILES string of the molecule is O=C1C(Nc2ccc(N3CCCCC3)cc2)=C(c2ccccc2)C(=O)N1Cc1ccccc1. The summed E-state index contributed by atoms with van der Waals surface area (Å²) in [6.07, 6.45) is 3.74. The minimum Gasteiger partial charge on any atom is -0.372 e. The highest BCUT2D eigenvalue weighted by Crippen LogP contribution is 2.32. The van der Waals surface area contributed by atoms with Crippen molar-refractivity contribution in [3.05, 3.63) is 102 Å². The van der Waals surface area contributed by atoms with Crippen molar-refractivity contribution in [2.75, 3.05) is 23.3 Å². The van der Waals surface area contributed by atoms with Crippen LogP contribution in [-0.2, 0) is 16.1 Å². The van der Waals surface area contributed by atoms with E-state index in [1.807, 2.05) is 72.8 Å². The molecule has 0 unspecified atom stereocenters. The van der Waals surface area contributed by atoms with Crippen LogP contribution >= 0.6 is 0 Å². The van der Waals surface area contributed by atoms with Gasteiger partial charge in [0.05, 0.1) is 12.1 Å². The molecule has 2 aliphatic heterocycles. The number of piperidine rings is 1. The van der Waals surface area contributed by atoms with E-state index in [0.717, 1.165) is 29.9 Å². The van der Waals surface area contributed by atoms with Gasteiger partial charge in [0.15, 0.2) is 0 Å². The molecule has 5 heteroatoms. The Morgan fingerprint density at radius 1 is 0.697 bits per heavy atom. The molecule has 1 N–H and O–H groups in total. The summed E-state index contributed by atoms with van der Waals surface area (Å²) >= 11 is 0. The lowest BCUT2D eigenvalue weighted by molar-refractivity contribution is -0.137. The second-order valence-electron chi connectivity index (χ2n) is 8.52. The van der Waals surface area contributed by atoms with Crippen molar-refractivity contribution >= 4 is 28.8 Å². The molecule has 0 radical (unpaired) electrons. The van der Waals surface area contributed by atoms with Gasteiger partial charge in [-0.05, 0) is 54.7 Å². The van der Waals surface area contributed by atoms with Gasteiger partial charge in [0, 0.05) is 24.5 Å². The van der Waals surface area contributed by atoms with Crippen LogP contribution in [-0.4, -0.2) is 29.8 Å². The van der Waals surface area contributed by atoms with Gasteiger partial charge in [-0.1, -0.05) is 60.7 Å². The van der Waals surface area contributed by atoms with Crippen LogP contribution in [0.1, 0.15) is 30.4 Å². The van der Waals surface area contributed by atoms with Crippen molar-refractivity contribution in [1.29, 1.82) is 0 Å². The minimum atomic E-state index is -0.303. The first-order valence-electron chi connectivity index (χ1n) is 11.5. The van der Waals surface area contributed by atoms with E-state index in [1.165, 1.54) is 29.8 Å². The second kappa shape index (κ2) is 9.33. The number of hydrogen-bond acceptors (Lipinski definition) is 4. The van der Waals surface area contributed by atoms with Gasteiger partial charge < -0.3 is 10.2 Å². The van der Waals surface area contributed by atoms with Crippen molar-refractivity contribution < 1.29 is 9.59 Å². The summed E-state index contributed by atoms with van der Waals surface area (Å²) in [7, 11) is 0. The first-order valence-corrected chi connectivity index (χ1v) is 11.5. The van der Waals surface area contributed by atoms with Crippen LogP contribution in [0.4, 0.5) is 11.4 Å². The third-order valence-electron chi connectivity index (χ3n) is 6.27. The van der Waals surface area contributed by atoms with Crippen LogP contribution in [0.5, 0.6) is 0 Å². The third-order valence-corrected chi connectivity index (χ3v) is 6.27. The number of amides is 2. The van der Waals surface area contributed by atoms with Crippen molar-refractivity contribution in [2.24, 2.45) is 0 Å². The fraction of sp³-hybridized carbons (Fsp3) is 0.214. The van der Waals surface area contributed by atoms with Crippen LogP contribution in [0.25, 0.3) is 5.57 Å². The van der Waals surface area contributed by atoms with E-state index in [2.05, 4.69) is 22.3 Å². The van der Waals surface area contributed by atoms with E-state index in [9.17, 15) is 9.59 Å². The zero-order valence-corrected chi connectivity index (χ0v) is 18.5. The van der Waals surface area contributed by atoms with Crippen molar-refractivity contribution in [3.63, 3.8) is 0 Å². The number of nitrogens with zero attached hydrogens (tertiary/aromatic N) is 2. The highest BCUT2D eigenvalue weighted by Gasteiger charge is 2.39. The molecular weight excluding hydrogens is 410 g/mol.